The van der Waals surface area contributed by atoms with Gasteiger partial charge >= 0.3 is 0 Å². The number of carbonyl (C=O) groups excluding carboxylic acids is 1. The summed E-state index contributed by atoms with van der Waals surface area (Å²) in [7, 11) is 0. The number of benzene rings is 1. The van der Waals surface area contributed by atoms with Crippen molar-refractivity contribution in [3.63, 3.8) is 0 Å². The van der Waals surface area contributed by atoms with Gasteiger partial charge in [0.15, 0.2) is 0 Å². The smallest absolute Gasteiger partial charge is 0.237 e. The van der Waals surface area contributed by atoms with Crippen molar-refractivity contribution in [3.8, 4) is 10.6 Å². The Bertz CT molecular complexity index is 687. The van der Waals surface area contributed by atoms with Crippen LogP contribution in [0.5, 0.6) is 0 Å². The van der Waals surface area contributed by atoms with E-state index in [0.29, 0.717) is 0 Å². The standard InChI is InChI=1S/C18H23N3OS/c1-11-6-8-14(9-7-11)18-21-13(3)16(23-18)12(2)20-17(22)15-5-4-10-19-15/h6-9,12,15,19H,4-5,10H2,1-3H3,(H,20,22). The molecule has 1 amide bonds. The summed E-state index contributed by atoms with van der Waals surface area (Å²) in [4.78, 5) is 18.1. The molecule has 5 heteroatoms. The fourth-order valence-corrected chi connectivity index (χ4v) is 3.99. The first-order valence-corrected chi connectivity index (χ1v) is 8.94. The van der Waals surface area contributed by atoms with Crippen LogP contribution < -0.4 is 10.6 Å². The third-order valence-corrected chi connectivity index (χ3v) is 5.65. The average Bonchev–Trinajstić information content (AvgIpc) is 3.17. The van der Waals surface area contributed by atoms with Gasteiger partial charge in [-0.25, -0.2) is 4.98 Å². The van der Waals surface area contributed by atoms with Gasteiger partial charge in [0.1, 0.15) is 5.01 Å². The van der Waals surface area contributed by atoms with Crippen LogP contribution in [0.25, 0.3) is 10.6 Å². The first kappa shape index (κ1) is 16.1. The highest BCUT2D eigenvalue weighted by atomic mass is 32.1. The molecule has 0 aliphatic carbocycles. The predicted molar refractivity (Wildman–Crippen MR) is 94.6 cm³/mol. The number of hydrogen-bond donors (Lipinski definition) is 2. The van der Waals surface area contributed by atoms with Crippen LogP contribution in [0.1, 0.15) is 41.9 Å². The van der Waals surface area contributed by atoms with Gasteiger partial charge in [0.25, 0.3) is 0 Å². The molecular weight excluding hydrogens is 306 g/mol. The molecule has 0 radical (unpaired) electrons. The van der Waals surface area contributed by atoms with Crippen LogP contribution in [0.2, 0.25) is 0 Å². The number of aryl methyl sites for hydroxylation is 2. The number of carbonyl (C=O) groups is 1. The lowest BCUT2D eigenvalue weighted by Gasteiger charge is -2.16. The molecule has 0 bridgehead atoms. The van der Waals surface area contributed by atoms with Crippen LogP contribution in [-0.4, -0.2) is 23.5 Å². The summed E-state index contributed by atoms with van der Waals surface area (Å²) in [6.07, 6.45) is 2.00. The second kappa shape index (κ2) is 6.81. The van der Waals surface area contributed by atoms with E-state index in [1.807, 2.05) is 13.8 Å². The van der Waals surface area contributed by atoms with Crippen LogP contribution >= 0.6 is 11.3 Å². The molecule has 2 aromatic rings. The lowest BCUT2D eigenvalue weighted by atomic mass is 10.1. The Balaban J connectivity index is 1.74. The Morgan fingerprint density at radius 1 is 1.35 bits per heavy atom. The maximum absolute atomic E-state index is 12.3. The zero-order chi connectivity index (χ0) is 16.4. The van der Waals surface area contributed by atoms with Gasteiger partial charge < -0.3 is 10.6 Å². The van der Waals surface area contributed by atoms with E-state index in [0.717, 1.165) is 40.5 Å². The molecule has 0 saturated carbocycles. The van der Waals surface area contributed by atoms with Gasteiger partial charge in [0.2, 0.25) is 5.91 Å². The molecule has 3 rings (SSSR count). The van der Waals surface area contributed by atoms with Crippen LogP contribution in [0.15, 0.2) is 24.3 Å². The summed E-state index contributed by atoms with van der Waals surface area (Å²) in [5, 5.41) is 7.37. The lowest BCUT2D eigenvalue weighted by Crippen LogP contribution is -2.41. The second-order valence-electron chi connectivity index (χ2n) is 6.21. The van der Waals surface area contributed by atoms with Crippen LogP contribution in [0.4, 0.5) is 0 Å². The fraction of sp³-hybridized carbons (Fsp3) is 0.444. The van der Waals surface area contributed by atoms with E-state index in [-0.39, 0.29) is 18.0 Å². The molecule has 1 saturated heterocycles. The summed E-state index contributed by atoms with van der Waals surface area (Å²) in [6, 6.07) is 8.35. The number of hydrogen-bond acceptors (Lipinski definition) is 4. The number of aromatic nitrogens is 1. The first-order chi connectivity index (χ1) is 11.0. The summed E-state index contributed by atoms with van der Waals surface area (Å²) in [5.74, 6) is 0.0969. The molecule has 122 valence electrons. The summed E-state index contributed by atoms with van der Waals surface area (Å²) >= 11 is 1.66. The summed E-state index contributed by atoms with van der Waals surface area (Å²) < 4.78 is 0. The van der Waals surface area contributed by atoms with Crippen LogP contribution in [0, 0.1) is 13.8 Å². The third-order valence-electron chi connectivity index (χ3n) is 4.26. The van der Waals surface area contributed by atoms with Gasteiger partial charge in [-0.3, -0.25) is 4.79 Å². The normalized spacial score (nSPS) is 18.8. The van der Waals surface area contributed by atoms with Gasteiger partial charge in [-0.05, 0) is 40.2 Å². The number of thiazole rings is 1. The molecule has 1 aromatic carbocycles. The highest BCUT2D eigenvalue weighted by Gasteiger charge is 2.24. The van der Waals surface area contributed by atoms with Gasteiger partial charge in [0, 0.05) is 5.56 Å². The van der Waals surface area contributed by atoms with E-state index < -0.39 is 0 Å². The SMILES string of the molecule is Cc1ccc(-c2nc(C)c(C(C)NC(=O)C3CCCN3)s2)cc1. The topological polar surface area (TPSA) is 54.0 Å². The first-order valence-electron chi connectivity index (χ1n) is 8.12. The number of rotatable bonds is 4. The molecular formula is C18H23N3OS. The molecule has 2 N–H and O–H groups in total. The molecule has 23 heavy (non-hydrogen) atoms. The minimum absolute atomic E-state index is 0.0124. The third kappa shape index (κ3) is 3.62. The van der Waals surface area contributed by atoms with Gasteiger partial charge in [0.05, 0.1) is 22.7 Å². The van der Waals surface area contributed by atoms with E-state index in [1.54, 1.807) is 11.3 Å². The van der Waals surface area contributed by atoms with E-state index in [2.05, 4.69) is 46.8 Å². The largest absolute Gasteiger partial charge is 0.347 e. The second-order valence-corrected chi connectivity index (χ2v) is 7.24. The Labute approximate surface area is 141 Å². The van der Waals surface area contributed by atoms with Crippen molar-refractivity contribution in [2.75, 3.05) is 6.54 Å². The Morgan fingerprint density at radius 3 is 2.74 bits per heavy atom. The van der Waals surface area contributed by atoms with E-state index >= 15 is 0 Å². The Morgan fingerprint density at radius 2 is 2.09 bits per heavy atom. The minimum Gasteiger partial charge on any atom is -0.347 e. The Kier molecular flexibility index (Phi) is 4.78. The van der Waals surface area contributed by atoms with E-state index in [4.69, 9.17) is 0 Å². The highest BCUT2D eigenvalue weighted by molar-refractivity contribution is 7.15. The summed E-state index contributed by atoms with van der Waals surface area (Å²) in [6.45, 7) is 7.06. The quantitative estimate of drug-likeness (QED) is 0.904. The van der Waals surface area contributed by atoms with Crippen molar-refractivity contribution in [3.05, 3.63) is 40.4 Å². The molecule has 1 aliphatic heterocycles. The van der Waals surface area contributed by atoms with Crippen molar-refractivity contribution in [2.24, 2.45) is 0 Å². The van der Waals surface area contributed by atoms with Crippen LogP contribution in [-0.2, 0) is 4.79 Å². The van der Waals surface area contributed by atoms with Crippen molar-refractivity contribution >= 4 is 17.2 Å². The molecule has 1 fully saturated rings. The zero-order valence-electron chi connectivity index (χ0n) is 13.8. The minimum atomic E-state index is -0.0396. The Hall–Kier alpha value is -1.72. The monoisotopic (exact) mass is 329 g/mol. The van der Waals surface area contributed by atoms with Crippen molar-refractivity contribution < 1.29 is 4.79 Å². The van der Waals surface area contributed by atoms with Crippen LogP contribution in [0.3, 0.4) is 0 Å². The van der Waals surface area contributed by atoms with Gasteiger partial charge in [-0.15, -0.1) is 11.3 Å². The molecule has 1 aromatic heterocycles. The molecule has 0 spiro atoms. The van der Waals surface area contributed by atoms with Crippen molar-refractivity contribution in [2.45, 2.75) is 45.7 Å². The zero-order valence-corrected chi connectivity index (χ0v) is 14.7. The molecule has 2 heterocycles. The van der Waals surface area contributed by atoms with E-state index in [1.165, 1.54) is 5.56 Å². The van der Waals surface area contributed by atoms with Gasteiger partial charge in [-0.2, -0.15) is 0 Å². The maximum Gasteiger partial charge on any atom is 0.237 e. The van der Waals surface area contributed by atoms with Gasteiger partial charge in [-0.1, -0.05) is 29.8 Å². The number of amides is 1. The summed E-state index contributed by atoms with van der Waals surface area (Å²) in [5.41, 5.74) is 3.37. The fourth-order valence-electron chi connectivity index (χ4n) is 2.92. The number of nitrogens with one attached hydrogen (secondary N) is 2. The predicted octanol–water partition coefficient (Wildman–Crippen LogP) is 3.36. The average molecular weight is 329 g/mol. The van der Waals surface area contributed by atoms with E-state index in [9.17, 15) is 4.79 Å². The number of nitrogens with zero attached hydrogens (tertiary/aromatic N) is 1. The van der Waals surface area contributed by atoms with Crippen molar-refractivity contribution in [1.29, 1.82) is 0 Å². The lowest BCUT2D eigenvalue weighted by molar-refractivity contribution is -0.123. The molecule has 4 nitrogen and oxygen atoms in total. The molecule has 2 atom stereocenters. The molecule has 2 unspecified atom stereocenters. The molecule has 1 aliphatic rings. The maximum atomic E-state index is 12.3. The highest BCUT2D eigenvalue weighted by Crippen LogP contribution is 2.32. The van der Waals surface area contributed by atoms with Crippen molar-refractivity contribution in [1.82, 2.24) is 15.6 Å².